The van der Waals surface area contributed by atoms with Crippen molar-refractivity contribution in [2.45, 2.75) is 32.2 Å². The molecule has 0 spiro atoms. The molecule has 0 aromatic rings. The number of ether oxygens (including phenoxy) is 1. The van der Waals surface area contributed by atoms with Crippen molar-refractivity contribution in [3.05, 3.63) is 0 Å². The van der Waals surface area contributed by atoms with Crippen molar-refractivity contribution < 1.29 is 19.1 Å². The molecule has 1 rings (SSSR count). The zero-order valence-corrected chi connectivity index (χ0v) is 9.25. The van der Waals surface area contributed by atoms with Gasteiger partial charge >= 0.3 is 11.9 Å². The van der Waals surface area contributed by atoms with E-state index in [0.717, 1.165) is 12.8 Å². The summed E-state index contributed by atoms with van der Waals surface area (Å²) in [5.74, 6) is -2.04. The van der Waals surface area contributed by atoms with Crippen LogP contribution in [0.5, 0.6) is 0 Å². The van der Waals surface area contributed by atoms with Crippen LogP contribution in [0.15, 0.2) is 0 Å². The fourth-order valence-corrected chi connectivity index (χ4v) is 1.49. The van der Waals surface area contributed by atoms with Crippen molar-refractivity contribution >= 4 is 17.8 Å². The van der Waals surface area contributed by atoms with Crippen molar-refractivity contribution in [2.75, 3.05) is 13.2 Å². The molecule has 0 aromatic carbocycles. The Bertz CT molecular complexity index is 291. The van der Waals surface area contributed by atoms with Crippen LogP contribution in [0.3, 0.4) is 0 Å². The molecule has 0 saturated carbocycles. The Balaban J connectivity index is 2.48. The number of hydrogen-bond donors (Lipinski definition) is 2. The minimum absolute atomic E-state index is 0.142. The van der Waals surface area contributed by atoms with Crippen LogP contribution >= 0.6 is 0 Å². The van der Waals surface area contributed by atoms with Gasteiger partial charge in [-0.1, -0.05) is 0 Å². The summed E-state index contributed by atoms with van der Waals surface area (Å²) < 4.78 is 4.53. The third kappa shape index (κ3) is 3.52. The lowest BCUT2D eigenvalue weighted by atomic mass is 10.1. The quantitative estimate of drug-likeness (QED) is 0.485. The van der Waals surface area contributed by atoms with Crippen LogP contribution in [-0.4, -0.2) is 37.0 Å². The highest BCUT2D eigenvalue weighted by Gasteiger charge is 2.25. The lowest BCUT2D eigenvalue weighted by molar-refractivity contribution is -0.155. The molecular weight excluding hydrogens is 212 g/mol. The molecule has 2 N–H and O–H groups in total. The first-order valence-corrected chi connectivity index (χ1v) is 5.40. The van der Waals surface area contributed by atoms with Gasteiger partial charge in [0.15, 0.2) is 0 Å². The highest BCUT2D eigenvalue weighted by molar-refractivity contribution is 6.32. The Kier molecular flexibility index (Phi) is 4.75. The number of hydrogen-bond acceptors (Lipinski definition) is 4. The smallest absolute Gasteiger partial charge is 0.396 e. The van der Waals surface area contributed by atoms with Crippen LogP contribution in [0, 0.1) is 0 Å². The summed E-state index contributed by atoms with van der Waals surface area (Å²) in [4.78, 5) is 33.8. The van der Waals surface area contributed by atoms with Crippen molar-refractivity contribution in [2.24, 2.45) is 0 Å². The molecule has 0 unspecified atom stereocenters. The van der Waals surface area contributed by atoms with Gasteiger partial charge in [0.2, 0.25) is 5.91 Å². The van der Waals surface area contributed by atoms with Crippen molar-refractivity contribution in [1.82, 2.24) is 10.6 Å². The Morgan fingerprint density at radius 1 is 1.50 bits per heavy atom. The van der Waals surface area contributed by atoms with Gasteiger partial charge in [-0.05, 0) is 26.2 Å². The van der Waals surface area contributed by atoms with Crippen molar-refractivity contribution in [3.8, 4) is 0 Å². The Hall–Kier alpha value is -1.59. The van der Waals surface area contributed by atoms with E-state index in [0.29, 0.717) is 13.0 Å². The molecule has 0 radical (unpaired) electrons. The van der Waals surface area contributed by atoms with Gasteiger partial charge in [-0.3, -0.25) is 9.59 Å². The van der Waals surface area contributed by atoms with E-state index in [2.05, 4.69) is 15.4 Å². The first kappa shape index (κ1) is 12.5. The van der Waals surface area contributed by atoms with E-state index >= 15 is 0 Å². The molecule has 6 nitrogen and oxygen atoms in total. The van der Waals surface area contributed by atoms with E-state index in [1.807, 2.05) is 0 Å². The minimum atomic E-state index is -0.945. The first-order valence-electron chi connectivity index (χ1n) is 5.40. The van der Waals surface area contributed by atoms with Gasteiger partial charge in [-0.15, -0.1) is 0 Å². The fourth-order valence-electron chi connectivity index (χ4n) is 1.49. The Labute approximate surface area is 93.7 Å². The largest absolute Gasteiger partial charge is 0.459 e. The summed E-state index contributed by atoms with van der Waals surface area (Å²) in [7, 11) is 0. The summed E-state index contributed by atoms with van der Waals surface area (Å²) in [6.07, 6.45) is 2.28. The van der Waals surface area contributed by atoms with Gasteiger partial charge in [-0.25, -0.2) is 4.79 Å². The van der Waals surface area contributed by atoms with Gasteiger partial charge in [0.25, 0.3) is 0 Å². The molecule has 0 aromatic heterocycles. The molecule has 1 saturated heterocycles. The molecular formula is C10H16N2O4. The molecule has 1 aliphatic heterocycles. The fraction of sp³-hybridized carbons (Fsp3) is 0.700. The molecule has 6 heteroatoms. The number of carbonyl (C=O) groups excluding carboxylic acids is 3. The number of rotatable bonds is 2. The van der Waals surface area contributed by atoms with Crippen molar-refractivity contribution in [3.63, 3.8) is 0 Å². The maximum Gasteiger partial charge on any atom is 0.396 e. The maximum absolute atomic E-state index is 11.5. The maximum atomic E-state index is 11.5. The van der Waals surface area contributed by atoms with Crippen LogP contribution in [0.4, 0.5) is 0 Å². The SMILES string of the molecule is CCOC(=O)C(=O)N[C@@H]1CCCCNC1=O. The molecule has 1 aliphatic rings. The summed E-state index contributed by atoms with van der Waals surface area (Å²) in [5.41, 5.74) is 0. The van der Waals surface area contributed by atoms with E-state index in [-0.39, 0.29) is 12.5 Å². The zero-order chi connectivity index (χ0) is 12.0. The van der Waals surface area contributed by atoms with Crippen LogP contribution in [0.1, 0.15) is 26.2 Å². The topological polar surface area (TPSA) is 84.5 Å². The highest BCUT2D eigenvalue weighted by Crippen LogP contribution is 2.05. The Morgan fingerprint density at radius 3 is 2.94 bits per heavy atom. The van der Waals surface area contributed by atoms with E-state index in [1.165, 1.54) is 0 Å². The summed E-state index contributed by atoms with van der Waals surface area (Å²) in [6, 6.07) is -0.626. The summed E-state index contributed by atoms with van der Waals surface area (Å²) in [6.45, 7) is 2.37. The second kappa shape index (κ2) is 6.09. The average molecular weight is 228 g/mol. The standard InChI is InChI=1S/C10H16N2O4/c1-2-16-10(15)9(14)12-7-5-3-4-6-11-8(7)13/h7H,2-6H2,1H3,(H,11,13)(H,12,14)/t7-/m1/s1. The van der Waals surface area contributed by atoms with E-state index < -0.39 is 17.9 Å². The van der Waals surface area contributed by atoms with E-state index in [1.54, 1.807) is 6.92 Å². The number of nitrogens with one attached hydrogen (secondary N) is 2. The van der Waals surface area contributed by atoms with Crippen molar-refractivity contribution in [1.29, 1.82) is 0 Å². The second-order valence-corrected chi connectivity index (χ2v) is 3.53. The molecule has 16 heavy (non-hydrogen) atoms. The predicted octanol–water partition coefficient (Wildman–Crippen LogP) is -0.666. The third-order valence-electron chi connectivity index (χ3n) is 2.30. The molecule has 1 fully saturated rings. The normalized spacial score (nSPS) is 20.6. The van der Waals surface area contributed by atoms with Gasteiger partial charge in [-0.2, -0.15) is 0 Å². The van der Waals surface area contributed by atoms with Crippen LogP contribution < -0.4 is 10.6 Å². The predicted molar refractivity (Wildman–Crippen MR) is 55.4 cm³/mol. The first-order chi connectivity index (χ1) is 7.65. The second-order valence-electron chi connectivity index (χ2n) is 3.53. The van der Waals surface area contributed by atoms with Gasteiger partial charge in [0.05, 0.1) is 6.61 Å². The number of amides is 2. The number of esters is 1. The van der Waals surface area contributed by atoms with Gasteiger partial charge in [0, 0.05) is 6.54 Å². The summed E-state index contributed by atoms with van der Waals surface area (Å²) in [5, 5.41) is 5.03. The van der Waals surface area contributed by atoms with Gasteiger partial charge < -0.3 is 15.4 Å². The molecule has 90 valence electrons. The lowest BCUT2D eigenvalue weighted by Gasteiger charge is -2.14. The highest BCUT2D eigenvalue weighted by atomic mass is 16.5. The van der Waals surface area contributed by atoms with E-state index in [9.17, 15) is 14.4 Å². The van der Waals surface area contributed by atoms with Crippen LogP contribution in [0.2, 0.25) is 0 Å². The molecule has 0 aliphatic carbocycles. The van der Waals surface area contributed by atoms with Gasteiger partial charge in [0.1, 0.15) is 6.04 Å². The summed E-state index contributed by atoms with van der Waals surface area (Å²) >= 11 is 0. The number of carbonyl (C=O) groups is 3. The third-order valence-corrected chi connectivity index (χ3v) is 2.30. The molecule has 2 amide bonds. The molecule has 1 heterocycles. The molecule has 0 bridgehead atoms. The lowest BCUT2D eigenvalue weighted by Crippen LogP contribution is -2.48. The van der Waals surface area contributed by atoms with E-state index in [4.69, 9.17) is 0 Å². The Morgan fingerprint density at radius 2 is 2.25 bits per heavy atom. The molecule has 1 atom stereocenters. The van der Waals surface area contributed by atoms with Crippen LogP contribution in [-0.2, 0) is 19.1 Å². The van der Waals surface area contributed by atoms with Crippen LogP contribution in [0.25, 0.3) is 0 Å². The monoisotopic (exact) mass is 228 g/mol. The zero-order valence-electron chi connectivity index (χ0n) is 9.25. The average Bonchev–Trinajstić information content (AvgIpc) is 2.45. The minimum Gasteiger partial charge on any atom is -0.459 e.